The Morgan fingerprint density at radius 1 is 0.375 bits per heavy atom. The molecule has 2 heteroatoms. The Morgan fingerprint density at radius 2 is 0.828 bits per heavy atom. The maximum Gasteiger partial charge on any atom is 0.144 e. The van der Waals surface area contributed by atoms with Crippen molar-refractivity contribution in [2.24, 2.45) is 0 Å². The Hall–Kier alpha value is -7.94. The molecule has 0 aliphatic heterocycles. The van der Waals surface area contributed by atoms with Crippen molar-refractivity contribution >= 4 is 49.8 Å². The fourth-order valence-electron chi connectivity index (χ4n) is 12.2. The number of hydrogen-bond acceptors (Lipinski definition) is 2. The van der Waals surface area contributed by atoms with Crippen LogP contribution in [0.1, 0.15) is 47.2 Å². The average Bonchev–Trinajstić information content (AvgIpc) is 4.04. The fraction of sp³-hybridized carbons (Fsp3) is 0.0645. The Labute approximate surface area is 372 Å². The van der Waals surface area contributed by atoms with Gasteiger partial charge < -0.3 is 9.32 Å². The van der Waals surface area contributed by atoms with E-state index >= 15 is 0 Å². The summed E-state index contributed by atoms with van der Waals surface area (Å²) >= 11 is 0. The minimum Gasteiger partial charge on any atom is -0.455 e. The molecule has 0 atom stereocenters. The molecule has 1 spiro atoms. The molecule has 2 nitrogen and oxygen atoms in total. The van der Waals surface area contributed by atoms with Crippen LogP contribution in [-0.2, 0) is 10.8 Å². The van der Waals surface area contributed by atoms with Gasteiger partial charge in [-0.05, 0) is 103 Å². The zero-order chi connectivity index (χ0) is 42.3. The lowest BCUT2D eigenvalue weighted by Gasteiger charge is -2.34. The van der Waals surface area contributed by atoms with Gasteiger partial charge in [0.05, 0.1) is 11.1 Å². The maximum atomic E-state index is 6.91. The highest BCUT2D eigenvalue weighted by molar-refractivity contribution is 6.27. The first kappa shape index (κ1) is 35.6. The molecule has 14 rings (SSSR count). The highest BCUT2D eigenvalue weighted by Gasteiger charge is 2.51. The lowest BCUT2D eigenvalue weighted by Crippen LogP contribution is -2.26. The quantitative estimate of drug-likeness (QED) is 0.176. The molecular formula is C62H41NO. The first-order valence-corrected chi connectivity index (χ1v) is 22.4. The Morgan fingerprint density at radius 3 is 1.45 bits per heavy atom. The number of benzene rings is 10. The molecule has 0 amide bonds. The number of hydrogen-bond donors (Lipinski definition) is 0. The van der Waals surface area contributed by atoms with Crippen LogP contribution in [0.5, 0.6) is 0 Å². The zero-order valence-electron chi connectivity index (χ0n) is 35.6. The molecule has 0 saturated carbocycles. The van der Waals surface area contributed by atoms with Gasteiger partial charge in [-0.1, -0.05) is 196 Å². The van der Waals surface area contributed by atoms with Crippen LogP contribution in [0.2, 0.25) is 0 Å². The molecule has 0 saturated heterocycles. The fourth-order valence-corrected chi connectivity index (χ4v) is 12.2. The van der Waals surface area contributed by atoms with Crippen LogP contribution in [0, 0.1) is 0 Å². The summed E-state index contributed by atoms with van der Waals surface area (Å²) in [5.74, 6) is 0. The van der Waals surface area contributed by atoms with Gasteiger partial charge in [-0.15, -0.1) is 0 Å². The van der Waals surface area contributed by atoms with E-state index in [9.17, 15) is 0 Å². The number of nitrogens with zero attached hydrogens (tertiary/aromatic N) is 1. The average molecular weight is 816 g/mol. The molecule has 0 N–H and O–H groups in total. The van der Waals surface area contributed by atoms with Crippen molar-refractivity contribution in [3.05, 3.63) is 246 Å². The van der Waals surface area contributed by atoms with Gasteiger partial charge in [-0.2, -0.15) is 0 Å². The van der Waals surface area contributed by atoms with Crippen LogP contribution in [0.4, 0.5) is 17.1 Å². The van der Waals surface area contributed by atoms with E-state index in [0.29, 0.717) is 0 Å². The SMILES string of the molecule is CC1(C)c2ccccc2-c2ccc(N(c3ccc4c(c3)C3(c5ccccc5-c5ccccc53)c3ccccc3-4)c3c(-c4ccccc4)c4c5ccccc5oc4c4ccccc34)cc21. The Balaban J connectivity index is 1.14. The minimum absolute atomic E-state index is 0.191. The Kier molecular flexibility index (Phi) is 7.13. The number of para-hydroxylation sites is 1. The smallest absolute Gasteiger partial charge is 0.144 e. The van der Waals surface area contributed by atoms with Gasteiger partial charge in [0, 0.05) is 43.9 Å². The monoisotopic (exact) mass is 815 g/mol. The maximum absolute atomic E-state index is 6.91. The van der Waals surface area contributed by atoms with E-state index in [0.717, 1.165) is 60.9 Å². The predicted molar refractivity (Wildman–Crippen MR) is 265 cm³/mol. The summed E-state index contributed by atoms with van der Waals surface area (Å²) in [6, 6.07) is 79.1. The van der Waals surface area contributed by atoms with Gasteiger partial charge in [0.2, 0.25) is 0 Å². The third-order valence-corrected chi connectivity index (χ3v) is 14.9. The summed E-state index contributed by atoms with van der Waals surface area (Å²) in [5.41, 5.74) is 22.6. The topological polar surface area (TPSA) is 16.4 Å². The molecule has 300 valence electrons. The van der Waals surface area contributed by atoms with E-state index in [1.54, 1.807) is 0 Å². The molecule has 0 fully saturated rings. The first-order chi connectivity index (χ1) is 31.5. The van der Waals surface area contributed by atoms with E-state index in [1.807, 2.05) is 0 Å². The second kappa shape index (κ2) is 12.8. The van der Waals surface area contributed by atoms with Crippen LogP contribution in [-0.4, -0.2) is 0 Å². The summed E-state index contributed by atoms with van der Waals surface area (Å²) in [7, 11) is 0. The van der Waals surface area contributed by atoms with Crippen molar-refractivity contribution in [1.29, 1.82) is 0 Å². The van der Waals surface area contributed by atoms with Crippen molar-refractivity contribution < 1.29 is 4.42 Å². The van der Waals surface area contributed by atoms with E-state index < -0.39 is 5.41 Å². The second-order valence-corrected chi connectivity index (χ2v) is 18.3. The summed E-state index contributed by atoms with van der Waals surface area (Å²) in [5, 5.41) is 4.45. The molecular weight excluding hydrogens is 775 g/mol. The lowest BCUT2D eigenvalue weighted by molar-refractivity contribution is 0.660. The third-order valence-electron chi connectivity index (χ3n) is 14.9. The molecule has 0 radical (unpaired) electrons. The van der Waals surface area contributed by atoms with Gasteiger partial charge in [0.25, 0.3) is 0 Å². The standard InChI is InChI=1S/C62H41NO/c1-61(2)50-27-13-8-20-41(50)45-34-32-39(36-54(45)61)63(59-47-24-6-7-25-48(47)60-58(49-26-12-17-31-56(49)64-60)57(59)38-18-4-3-5-19-38)40-33-35-46-44-23-11-16-30-53(44)62(55(46)37-40)51-28-14-9-21-42(51)43-22-10-15-29-52(43)62/h3-37H,1-2H3. The van der Waals surface area contributed by atoms with Crippen molar-refractivity contribution in [2.75, 3.05) is 4.90 Å². The number of fused-ring (bicyclic) bond motifs is 18. The largest absolute Gasteiger partial charge is 0.455 e. The molecule has 64 heavy (non-hydrogen) atoms. The van der Waals surface area contributed by atoms with Gasteiger partial charge in [0.15, 0.2) is 0 Å². The molecule has 10 aromatic carbocycles. The van der Waals surface area contributed by atoms with Crippen LogP contribution in [0.3, 0.4) is 0 Å². The number of rotatable bonds is 4. The lowest BCUT2D eigenvalue weighted by atomic mass is 9.70. The molecule has 0 bridgehead atoms. The van der Waals surface area contributed by atoms with Crippen LogP contribution in [0.25, 0.3) is 77.2 Å². The molecule has 3 aliphatic carbocycles. The van der Waals surface area contributed by atoms with Crippen LogP contribution >= 0.6 is 0 Å². The highest BCUT2D eigenvalue weighted by atomic mass is 16.3. The normalized spacial score (nSPS) is 14.3. The Bertz CT molecular complexity index is 3710. The highest BCUT2D eigenvalue weighted by Crippen LogP contribution is 2.64. The van der Waals surface area contributed by atoms with E-state index in [1.165, 1.54) is 66.8 Å². The molecule has 0 unspecified atom stereocenters. The third kappa shape index (κ3) is 4.49. The summed E-state index contributed by atoms with van der Waals surface area (Å²) in [6.45, 7) is 4.76. The zero-order valence-corrected chi connectivity index (χ0v) is 35.6. The van der Waals surface area contributed by atoms with Gasteiger partial charge in [-0.3, -0.25) is 0 Å². The van der Waals surface area contributed by atoms with Crippen LogP contribution < -0.4 is 4.90 Å². The summed E-state index contributed by atoms with van der Waals surface area (Å²) in [6.07, 6.45) is 0. The first-order valence-electron chi connectivity index (χ1n) is 22.4. The van der Waals surface area contributed by atoms with Gasteiger partial charge >= 0.3 is 0 Å². The number of anilines is 3. The molecule has 3 aliphatic rings. The minimum atomic E-state index is -0.489. The van der Waals surface area contributed by atoms with Gasteiger partial charge in [0.1, 0.15) is 11.2 Å². The van der Waals surface area contributed by atoms with E-state index in [2.05, 4.69) is 231 Å². The van der Waals surface area contributed by atoms with E-state index in [4.69, 9.17) is 4.42 Å². The predicted octanol–water partition coefficient (Wildman–Crippen LogP) is 16.5. The summed E-state index contributed by atoms with van der Waals surface area (Å²) < 4.78 is 6.91. The van der Waals surface area contributed by atoms with Crippen LogP contribution in [0.15, 0.2) is 217 Å². The van der Waals surface area contributed by atoms with Crippen molar-refractivity contribution in [3.8, 4) is 44.5 Å². The second-order valence-electron chi connectivity index (χ2n) is 18.3. The molecule has 1 aromatic heterocycles. The number of furan rings is 1. The van der Waals surface area contributed by atoms with Crippen molar-refractivity contribution in [1.82, 2.24) is 0 Å². The van der Waals surface area contributed by atoms with Crippen molar-refractivity contribution in [2.45, 2.75) is 24.7 Å². The molecule has 11 aromatic rings. The van der Waals surface area contributed by atoms with Crippen molar-refractivity contribution in [3.63, 3.8) is 0 Å². The van der Waals surface area contributed by atoms with Gasteiger partial charge in [-0.25, -0.2) is 0 Å². The van der Waals surface area contributed by atoms with E-state index in [-0.39, 0.29) is 5.41 Å². The summed E-state index contributed by atoms with van der Waals surface area (Å²) in [4.78, 5) is 2.58. The molecule has 1 heterocycles.